The lowest BCUT2D eigenvalue weighted by atomic mass is 10.1. The average molecular weight is 395 g/mol. The van der Waals surface area contributed by atoms with E-state index in [0.717, 1.165) is 0 Å². The van der Waals surface area contributed by atoms with Crippen molar-refractivity contribution >= 4 is 35.0 Å². The Hall–Kier alpha value is -3.23. The minimum atomic E-state index is -0.203. The number of carbonyl (C=O) groups excluding carboxylic acids is 1. The van der Waals surface area contributed by atoms with Crippen molar-refractivity contribution in [3.8, 4) is 23.8 Å². The van der Waals surface area contributed by atoms with Crippen LogP contribution >= 0.6 is 11.6 Å². The third-order valence-electron chi connectivity index (χ3n) is 4.01. The van der Waals surface area contributed by atoms with E-state index in [9.17, 15) is 4.79 Å². The summed E-state index contributed by atoms with van der Waals surface area (Å²) in [5.74, 6) is 3.06. The van der Waals surface area contributed by atoms with Gasteiger partial charge in [0.2, 0.25) is 0 Å². The summed E-state index contributed by atoms with van der Waals surface area (Å²) >= 11 is 6.36. The summed E-state index contributed by atoms with van der Waals surface area (Å²) in [4.78, 5) is 12.9. The normalized spacial score (nSPS) is 14.8. The van der Waals surface area contributed by atoms with E-state index in [1.54, 1.807) is 25.1 Å². The molecule has 0 saturated heterocycles. The fourth-order valence-corrected chi connectivity index (χ4v) is 3.06. The number of amides is 1. The first kappa shape index (κ1) is 19.5. The molecule has 2 aromatic carbocycles. The molecule has 1 heterocycles. The molecule has 0 bridgehead atoms. The van der Waals surface area contributed by atoms with Crippen LogP contribution in [0.4, 0.5) is 5.69 Å². The lowest BCUT2D eigenvalue weighted by Crippen LogP contribution is -2.21. The second-order valence-corrected chi connectivity index (χ2v) is 6.36. The molecule has 0 N–H and O–H groups in total. The van der Waals surface area contributed by atoms with Crippen molar-refractivity contribution in [3.63, 3.8) is 0 Å². The van der Waals surface area contributed by atoms with Gasteiger partial charge in [-0.15, -0.1) is 6.42 Å². The molecule has 2 aromatic rings. The quantitative estimate of drug-likeness (QED) is 0.533. The number of hydrazone groups is 1. The first-order valence-electron chi connectivity index (χ1n) is 8.74. The number of hydrogen-bond acceptors (Lipinski definition) is 4. The van der Waals surface area contributed by atoms with E-state index >= 15 is 0 Å². The molecule has 0 aliphatic carbocycles. The number of rotatable bonds is 6. The van der Waals surface area contributed by atoms with Crippen LogP contribution in [-0.4, -0.2) is 24.8 Å². The summed E-state index contributed by atoms with van der Waals surface area (Å²) in [5.41, 5.74) is 2.52. The van der Waals surface area contributed by atoms with Crippen LogP contribution in [0.3, 0.4) is 0 Å². The van der Waals surface area contributed by atoms with E-state index < -0.39 is 0 Å². The number of para-hydroxylation sites is 1. The third kappa shape index (κ3) is 4.03. The summed E-state index contributed by atoms with van der Waals surface area (Å²) < 4.78 is 11.1. The van der Waals surface area contributed by atoms with Gasteiger partial charge in [-0.25, -0.2) is 0 Å². The van der Waals surface area contributed by atoms with Crippen molar-refractivity contribution in [2.24, 2.45) is 5.10 Å². The molecule has 0 saturated carbocycles. The third-order valence-corrected chi connectivity index (χ3v) is 4.29. The van der Waals surface area contributed by atoms with Crippen LogP contribution < -0.4 is 14.5 Å². The van der Waals surface area contributed by atoms with Gasteiger partial charge < -0.3 is 9.47 Å². The van der Waals surface area contributed by atoms with Crippen LogP contribution in [0.25, 0.3) is 6.08 Å². The van der Waals surface area contributed by atoms with E-state index in [-0.39, 0.29) is 12.5 Å². The standard InChI is InChI=1S/C22H19ClN2O3/c1-4-11-28-21-19(23)13-16(14-20(21)27-5-2)12-18-15(3)24-25(22(18)26)17-9-7-6-8-10-17/h1,6-10,12-14H,5,11H2,2-3H3/b18-12+. The maximum absolute atomic E-state index is 12.9. The topological polar surface area (TPSA) is 51.1 Å². The van der Waals surface area contributed by atoms with Gasteiger partial charge in [-0.1, -0.05) is 35.7 Å². The Bertz CT molecular complexity index is 991. The molecule has 0 spiro atoms. The van der Waals surface area contributed by atoms with Gasteiger partial charge >= 0.3 is 0 Å². The van der Waals surface area contributed by atoms with Gasteiger partial charge in [-0.05, 0) is 49.8 Å². The number of terminal acetylenes is 1. The van der Waals surface area contributed by atoms with E-state index in [0.29, 0.717) is 45.7 Å². The highest BCUT2D eigenvalue weighted by Gasteiger charge is 2.28. The van der Waals surface area contributed by atoms with Crippen LogP contribution in [0.15, 0.2) is 53.1 Å². The lowest BCUT2D eigenvalue weighted by Gasteiger charge is -2.13. The van der Waals surface area contributed by atoms with Crippen LogP contribution in [-0.2, 0) is 4.79 Å². The first-order chi connectivity index (χ1) is 13.5. The van der Waals surface area contributed by atoms with Gasteiger partial charge in [-0.2, -0.15) is 10.1 Å². The van der Waals surface area contributed by atoms with Crippen molar-refractivity contribution in [1.82, 2.24) is 0 Å². The maximum Gasteiger partial charge on any atom is 0.280 e. The molecule has 28 heavy (non-hydrogen) atoms. The molecule has 0 unspecified atom stereocenters. The fraction of sp³-hybridized carbons (Fsp3) is 0.182. The molecule has 0 fully saturated rings. The van der Waals surface area contributed by atoms with Crippen molar-refractivity contribution < 1.29 is 14.3 Å². The number of carbonyl (C=O) groups is 1. The Kier molecular flexibility index (Phi) is 6.03. The molecule has 1 aliphatic heterocycles. The van der Waals surface area contributed by atoms with Crippen molar-refractivity contribution in [1.29, 1.82) is 0 Å². The second kappa shape index (κ2) is 8.64. The van der Waals surface area contributed by atoms with Gasteiger partial charge in [0.25, 0.3) is 5.91 Å². The van der Waals surface area contributed by atoms with Gasteiger partial charge in [0.1, 0.15) is 6.61 Å². The molecule has 1 amide bonds. The highest BCUT2D eigenvalue weighted by atomic mass is 35.5. The molecule has 0 atom stereocenters. The maximum atomic E-state index is 12.9. The predicted molar refractivity (Wildman–Crippen MR) is 112 cm³/mol. The zero-order chi connectivity index (χ0) is 20.1. The molecular weight excluding hydrogens is 376 g/mol. The van der Waals surface area contributed by atoms with Crippen molar-refractivity contribution in [2.45, 2.75) is 13.8 Å². The Morgan fingerprint density at radius 2 is 2.00 bits per heavy atom. The fourth-order valence-electron chi connectivity index (χ4n) is 2.78. The zero-order valence-electron chi connectivity index (χ0n) is 15.6. The van der Waals surface area contributed by atoms with E-state index in [2.05, 4.69) is 11.0 Å². The predicted octanol–water partition coefficient (Wildman–Crippen LogP) is 4.56. The molecule has 0 aromatic heterocycles. The van der Waals surface area contributed by atoms with Gasteiger partial charge in [0.05, 0.1) is 28.6 Å². The van der Waals surface area contributed by atoms with E-state index in [1.165, 1.54) is 5.01 Å². The highest BCUT2D eigenvalue weighted by molar-refractivity contribution is 6.33. The van der Waals surface area contributed by atoms with Gasteiger partial charge in [0, 0.05) is 0 Å². The van der Waals surface area contributed by atoms with E-state index in [4.69, 9.17) is 27.5 Å². The van der Waals surface area contributed by atoms with Gasteiger partial charge in [-0.3, -0.25) is 4.79 Å². The first-order valence-corrected chi connectivity index (χ1v) is 9.12. The SMILES string of the molecule is C#CCOc1c(Cl)cc(/C=C2/C(=O)N(c3ccccc3)N=C2C)cc1OCC. The van der Waals surface area contributed by atoms with Crippen LogP contribution in [0.5, 0.6) is 11.5 Å². The molecular formula is C22H19ClN2O3. The van der Waals surface area contributed by atoms with Crippen LogP contribution in [0.2, 0.25) is 5.02 Å². The average Bonchev–Trinajstić information content (AvgIpc) is 2.96. The molecule has 3 rings (SSSR count). The van der Waals surface area contributed by atoms with E-state index in [1.807, 2.05) is 37.3 Å². The highest BCUT2D eigenvalue weighted by Crippen LogP contribution is 2.37. The van der Waals surface area contributed by atoms with Crippen molar-refractivity contribution in [3.05, 3.63) is 58.6 Å². The monoisotopic (exact) mass is 394 g/mol. The Labute approximate surface area is 169 Å². The number of anilines is 1. The molecule has 6 heteroatoms. The number of hydrogen-bond donors (Lipinski definition) is 0. The summed E-state index contributed by atoms with van der Waals surface area (Å²) in [5, 5.41) is 6.12. The number of nitrogens with zero attached hydrogens (tertiary/aromatic N) is 2. The summed E-state index contributed by atoms with van der Waals surface area (Å²) in [7, 11) is 0. The summed E-state index contributed by atoms with van der Waals surface area (Å²) in [6.45, 7) is 4.17. The molecule has 142 valence electrons. The lowest BCUT2D eigenvalue weighted by molar-refractivity contribution is -0.114. The number of benzene rings is 2. The molecule has 1 aliphatic rings. The Morgan fingerprint density at radius 3 is 2.68 bits per heavy atom. The van der Waals surface area contributed by atoms with Crippen LogP contribution in [0.1, 0.15) is 19.4 Å². The molecule has 0 radical (unpaired) electrons. The Morgan fingerprint density at radius 1 is 1.25 bits per heavy atom. The largest absolute Gasteiger partial charge is 0.490 e. The zero-order valence-corrected chi connectivity index (χ0v) is 16.4. The Balaban J connectivity index is 1.96. The van der Waals surface area contributed by atoms with Crippen molar-refractivity contribution in [2.75, 3.05) is 18.2 Å². The summed E-state index contributed by atoms with van der Waals surface area (Å²) in [6.07, 6.45) is 7.00. The smallest absolute Gasteiger partial charge is 0.280 e. The minimum absolute atomic E-state index is 0.0799. The summed E-state index contributed by atoms with van der Waals surface area (Å²) in [6, 6.07) is 12.7. The minimum Gasteiger partial charge on any atom is -0.490 e. The van der Waals surface area contributed by atoms with Crippen LogP contribution in [0, 0.1) is 12.3 Å². The molecule has 5 nitrogen and oxygen atoms in total. The number of ether oxygens (including phenoxy) is 2. The number of halogens is 1. The van der Waals surface area contributed by atoms with Gasteiger partial charge in [0.15, 0.2) is 11.5 Å². The second-order valence-electron chi connectivity index (χ2n) is 5.95.